The van der Waals surface area contributed by atoms with Crippen LogP contribution in [0.4, 0.5) is 30.4 Å². The number of nitrogens with one attached hydrogen (secondary N) is 2. The number of alkyl halides is 3. The predicted molar refractivity (Wildman–Crippen MR) is 270 cm³/mol. The third-order valence-electron chi connectivity index (χ3n) is 10.2. The minimum absolute atomic E-state index is 0. The Morgan fingerprint density at radius 1 is 0.861 bits per heavy atom. The van der Waals surface area contributed by atoms with E-state index in [1.165, 1.54) is 66.6 Å². The second kappa shape index (κ2) is 26.2. The predicted octanol–water partition coefficient (Wildman–Crippen LogP) is 13.9. The molecule has 0 fully saturated rings. The number of hydrogen-bond donors (Lipinski definition) is 3. The van der Waals surface area contributed by atoms with E-state index in [1.807, 2.05) is 52.7 Å². The zero-order valence-electron chi connectivity index (χ0n) is 37.9. The zero-order valence-corrected chi connectivity index (χ0v) is 41.2. The Labute approximate surface area is 434 Å². The van der Waals surface area contributed by atoms with Crippen LogP contribution < -0.4 is 4.90 Å². The number of nitrogens with zero attached hydrogens (tertiary/aromatic N) is 7. The normalized spacial score (nSPS) is 10.8. The van der Waals surface area contributed by atoms with Gasteiger partial charge in [0.1, 0.15) is 5.71 Å². The molecule has 0 amide bonds. The minimum Gasteiger partial charge on any atom is -0.753 e. The van der Waals surface area contributed by atoms with Crippen molar-refractivity contribution in [3.63, 3.8) is 0 Å². The number of para-hydroxylation sites is 1. The number of aromatic nitrogens is 5. The average Bonchev–Trinajstić information content (AvgIpc) is 4.07. The second-order valence-electron chi connectivity index (χ2n) is 15.0. The summed E-state index contributed by atoms with van der Waals surface area (Å²) in [6.45, 7) is 2.17. The molecule has 0 spiro atoms. The Kier molecular flexibility index (Phi) is 20.0. The molecule has 20 heteroatoms. The molecule has 8 aromatic rings. The number of aromatic carboxylic acids is 2. The number of anilines is 3. The first-order valence-corrected chi connectivity index (χ1v) is 22.7. The zero-order chi connectivity index (χ0) is 50.9. The molecule has 0 saturated heterocycles. The van der Waals surface area contributed by atoms with Crippen LogP contribution in [0.15, 0.2) is 144 Å². The largest absolute Gasteiger partial charge is 2.00 e. The van der Waals surface area contributed by atoms with Crippen molar-refractivity contribution in [2.75, 3.05) is 4.90 Å². The van der Waals surface area contributed by atoms with Crippen molar-refractivity contribution in [2.24, 2.45) is 0 Å². The number of aryl methyl sites for hydroxylation is 1. The molecule has 0 unspecified atom stereocenters. The molecule has 6 heterocycles. The van der Waals surface area contributed by atoms with E-state index in [4.69, 9.17) is 21.0 Å². The maximum Gasteiger partial charge on any atom is 2.00 e. The maximum absolute atomic E-state index is 12.5. The summed E-state index contributed by atoms with van der Waals surface area (Å²) in [5.41, 5.74) is 11.1. The fourth-order valence-corrected chi connectivity index (χ4v) is 7.76. The molecule has 0 aliphatic heterocycles. The quantitative estimate of drug-likeness (QED) is 0.0355. The van der Waals surface area contributed by atoms with Gasteiger partial charge in [0.2, 0.25) is 11.8 Å². The first kappa shape index (κ1) is 54.9. The molecular formula is C52H40F3N9O5RuS2. The molecule has 364 valence electrons. The SMILES string of the molecule is CCCCCCc1ccsc1-c1ccnc(/C([NH-])=C/C(=N)C(F)(F)F)c1.O=C(O)c1ccnc(-c2cc(C(=O)O)cc(-c3cc(-c4ncc(N(c5c#cccc5)c5ccccc5)o4)ccn3)n2)c1.[N-]=C=S.[Ru+2]. The fraction of sp³-hybridized carbons (Fsp3) is 0.135. The van der Waals surface area contributed by atoms with Gasteiger partial charge < -0.3 is 25.8 Å². The molecule has 4 N–H and O–H groups in total. The van der Waals surface area contributed by atoms with Crippen LogP contribution in [0, 0.1) is 17.5 Å². The number of hydrogen-bond acceptors (Lipinski definition) is 12. The fourth-order valence-electron chi connectivity index (χ4n) is 6.81. The monoisotopic (exact) mass is 1090 g/mol. The Hall–Kier alpha value is -8.07. The number of thiophene rings is 1. The molecule has 72 heavy (non-hydrogen) atoms. The van der Waals surface area contributed by atoms with Crippen LogP contribution >= 0.6 is 23.6 Å². The van der Waals surface area contributed by atoms with Crippen LogP contribution in [0.3, 0.4) is 0 Å². The van der Waals surface area contributed by atoms with Crippen molar-refractivity contribution in [3.05, 3.63) is 185 Å². The van der Waals surface area contributed by atoms with Gasteiger partial charge in [0.25, 0.3) is 0 Å². The number of unbranched alkanes of at least 4 members (excludes halogenated alkanes) is 3. The molecule has 0 radical (unpaired) electrons. The van der Waals surface area contributed by atoms with Crippen molar-refractivity contribution in [1.29, 1.82) is 5.41 Å². The van der Waals surface area contributed by atoms with E-state index in [1.54, 1.807) is 54.1 Å². The standard InChI is InChI=1S/C32H19N5O5.C19H21F3N3S.CNS.Ru/c38-31(39)21-12-14-34-26(16-21)28-18-22(32(40)41)17-27(36-28)25-15-20(11-13-33-25)30-35-19-29(42-30)37(23-7-3-1-4-8-23)24-9-5-2-6-10-24;1-2-3-4-5-6-13-8-10-26-18(13)14-7-9-25-16(11-14)15(23)12-17(24)19(20,21)22;2-1-3;/h1-5,7-9,11-19H,(H,38,39)(H,40,41);7-12,23-24H,2-6H2,1H3;;/q;2*-1;+2/b;15-12-,24-17?;;. The number of allylic oxidation sites excluding steroid dienone is 1. The van der Waals surface area contributed by atoms with Gasteiger partial charge in [-0.3, -0.25) is 25.3 Å². The van der Waals surface area contributed by atoms with E-state index < -0.39 is 29.5 Å². The summed E-state index contributed by atoms with van der Waals surface area (Å²) < 4.78 is 43.6. The Balaban J connectivity index is 0.000000276. The minimum atomic E-state index is -4.76. The number of oxazole rings is 1. The summed E-state index contributed by atoms with van der Waals surface area (Å²) in [6, 6.07) is 35.5. The van der Waals surface area contributed by atoms with E-state index in [-0.39, 0.29) is 53.4 Å². The number of rotatable bonds is 16. The van der Waals surface area contributed by atoms with Gasteiger partial charge in [-0.25, -0.2) is 19.6 Å². The van der Waals surface area contributed by atoms with Crippen molar-refractivity contribution >= 4 is 69.3 Å². The summed E-state index contributed by atoms with van der Waals surface area (Å²) in [6.07, 6.45) is 7.31. The number of carbonyl (C=O) groups is 2. The van der Waals surface area contributed by atoms with E-state index in [0.29, 0.717) is 34.8 Å². The van der Waals surface area contributed by atoms with Crippen molar-refractivity contribution in [1.82, 2.24) is 24.9 Å². The molecule has 2 aromatic carbocycles. The number of pyridine rings is 4. The van der Waals surface area contributed by atoms with Gasteiger partial charge >= 0.3 is 37.6 Å². The molecule has 0 aliphatic rings. The number of halogens is 3. The summed E-state index contributed by atoms with van der Waals surface area (Å²) in [5, 5.41) is 36.6. The molecule has 0 atom stereocenters. The molecule has 0 saturated carbocycles. The van der Waals surface area contributed by atoms with E-state index in [9.17, 15) is 33.0 Å². The van der Waals surface area contributed by atoms with Crippen molar-refractivity contribution < 1.29 is 56.9 Å². The summed E-state index contributed by atoms with van der Waals surface area (Å²) >= 11 is 5.27. The van der Waals surface area contributed by atoms with Crippen LogP contribution in [0.1, 0.15) is 64.6 Å². The maximum atomic E-state index is 12.5. The first-order chi connectivity index (χ1) is 34.2. The van der Waals surface area contributed by atoms with E-state index >= 15 is 0 Å². The van der Waals surface area contributed by atoms with Gasteiger partial charge in [-0.05, 0) is 120 Å². The Morgan fingerprint density at radius 2 is 1.51 bits per heavy atom. The third kappa shape index (κ3) is 14.7. The average molecular weight is 1090 g/mol. The molecule has 6 aromatic heterocycles. The molecule has 8 rings (SSSR count). The van der Waals surface area contributed by atoms with Gasteiger partial charge in [0.05, 0.1) is 45.8 Å². The molecular weight excluding hydrogens is 1050 g/mol. The van der Waals surface area contributed by atoms with Gasteiger partial charge in [-0.1, -0.05) is 68.7 Å². The van der Waals surface area contributed by atoms with Gasteiger partial charge in [-0.2, -0.15) is 18.3 Å². The Bertz CT molecular complexity index is 3140. The number of benzene rings is 1. The van der Waals surface area contributed by atoms with Crippen LogP contribution in [-0.4, -0.2) is 64.1 Å². The Morgan fingerprint density at radius 3 is 2.17 bits per heavy atom. The topological polar surface area (TPSA) is 225 Å². The number of carboxylic acid groups (broad SMARTS) is 2. The van der Waals surface area contributed by atoms with Gasteiger partial charge in [0, 0.05) is 40.4 Å². The number of carboxylic acids is 2. The number of isothiocyanates is 1. The van der Waals surface area contributed by atoms with Crippen LogP contribution in [0.25, 0.3) is 61.5 Å². The van der Waals surface area contributed by atoms with Crippen molar-refractivity contribution in [3.8, 4) is 44.7 Å². The van der Waals surface area contributed by atoms with E-state index in [2.05, 4.69) is 62.3 Å². The van der Waals surface area contributed by atoms with Crippen LogP contribution in [0.2, 0.25) is 0 Å². The van der Waals surface area contributed by atoms with Crippen molar-refractivity contribution in [2.45, 2.75) is 45.2 Å². The molecule has 0 bridgehead atoms. The summed E-state index contributed by atoms with van der Waals surface area (Å²) in [5.74, 6) is -1.57. The number of thiocarbonyl (C=S) groups is 1. The first-order valence-electron chi connectivity index (χ1n) is 21.4. The van der Waals surface area contributed by atoms with E-state index in [0.717, 1.165) is 29.0 Å². The van der Waals surface area contributed by atoms with Crippen LogP contribution in [-0.2, 0) is 25.9 Å². The second-order valence-corrected chi connectivity index (χ2v) is 16.1. The summed E-state index contributed by atoms with van der Waals surface area (Å²) in [4.78, 5) is 47.9. The van der Waals surface area contributed by atoms with Gasteiger partial charge in [-0.15, -0.1) is 17.0 Å². The third-order valence-corrected chi connectivity index (χ3v) is 11.2. The summed E-state index contributed by atoms with van der Waals surface area (Å²) in [7, 11) is 0. The molecule has 14 nitrogen and oxygen atoms in total. The van der Waals surface area contributed by atoms with Gasteiger partial charge in [0.15, 0.2) is 0 Å². The van der Waals surface area contributed by atoms with Crippen LogP contribution in [0.5, 0.6) is 0 Å². The molecule has 0 aliphatic carbocycles. The smallest absolute Gasteiger partial charge is 0.753 e.